The third-order valence-corrected chi connectivity index (χ3v) is 2.11. The number of furan rings is 1. The van der Waals surface area contributed by atoms with Gasteiger partial charge in [-0.2, -0.15) is 0 Å². The van der Waals surface area contributed by atoms with Crippen molar-refractivity contribution in [1.29, 1.82) is 0 Å². The Morgan fingerprint density at radius 3 is 2.64 bits per heavy atom. The van der Waals surface area contributed by atoms with Crippen molar-refractivity contribution in [3.8, 4) is 0 Å². The molecule has 0 spiro atoms. The molecule has 4 nitrogen and oxygen atoms in total. The SMILES string of the molecule is CC(=O)C(C)NC(=O)c1ccoc1Cl. The van der Waals surface area contributed by atoms with E-state index < -0.39 is 11.9 Å². The summed E-state index contributed by atoms with van der Waals surface area (Å²) in [6, 6.07) is 0.929. The number of carbonyl (C=O) groups is 2. The van der Waals surface area contributed by atoms with Gasteiger partial charge in [0.25, 0.3) is 5.91 Å². The van der Waals surface area contributed by atoms with E-state index in [4.69, 9.17) is 16.0 Å². The van der Waals surface area contributed by atoms with Crippen LogP contribution in [0.25, 0.3) is 0 Å². The van der Waals surface area contributed by atoms with E-state index in [0.717, 1.165) is 0 Å². The topological polar surface area (TPSA) is 59.3 Å². The highest BCUT2D eigenvalue weighted by molar-refractivity contribution is 6.32. The van der Waals surface area contributed by atoms with E-state index in [-0.39, 0.29) is 16.6 Å². The van der Waals surface area contributed by atoms with Gasteiger partial charge in [0.2, 0.25) is 5.22 Å². The van der Waals surface area contributed by atoms with Crippen LogP contribution in [-0.2, 0) is 4.79 Å². The van der Waals surface area contributed by atoms with Gasteiger partial charge in [0.05, 0.1) is 17.9 Å². The lowest BCUT2D eigenvalue weighted by molar-refractivity contribution is -0.118. The van der Waals surface area contributed by atoms with Gasteiger partial charge in [0, 0.05) is 0 Å². The minimum atomic E-state index is -0.520. The summed E-state index contributed by atoms with van der Waals surface area (Å²) in [5, 5.41) is 2.52. The van der Waals surface area contributed by atoms with E-state index in [9.17, 15) is 9.59 Å². The first kappa shape index (κ1) is 10.8. The van der Waals surface area contributed by atoms with Gasteiger partial charge in [0.15, 0.2) is 5.78 Å². The fraction of sp³-hybridized carbons (Fsp3) is 0.333. The number of hydrogen-bond acceptors (Lipinski definition) is 3. The van der Waals surface area contributed by atoms with E-state index >= 15 is 0 Å². The Bertz CT molecular complexity index is 359. The predicted octanol–water partition coefficient (Wildman–Crippen LogP) is 1.64. The molecule has 1 aromatic rings. The number of nitrogens with one attached hydrogen (secondary N) is 1. The number of carbonyl (C=O) groups excluding carboxylic acids is 2. The first-order valence-electron chi connectivity index (χ1n) is 4.06. The highest BCUT2D eigenvalue weighted by Gasteiger charge is 2.16. The quantitative estimate of drug-likeness (QED) is 0.834. The second kappa shape index (κ2) is 4.28. The molecule has 1 amide bonds. The number of rotatable bonds is 3. The third-order valence-electron chi connectivity index (χ3n) is 1.82. The molecule has 1 N–H and O–H groups in total. The van der Waals surface area contributed by atoms with E-state index in [1.54, 1.807) is 6.92 Å². The highest BCUT2D eigenvalue weighted by Crippen LogP contribution is 2.16. The van der Waals surface area contributed by atoms with Crippen molar-refractivity contribution in [2.45, 2.75) is 19.9 Å². The van der Waals surface area contributed by atoms with Crippen LogP contribution in [-0.4, -0.2) is 17.7 Å². The van der Waals surface area contributed by atoms with Gasteiger partial charge < -0.3 is 9.73 Å². The normalized spacial score (nSPS) is 12.2. The molecule has 0 saturated heterocycles. The van der Waals surface area contributed by atoms with Crippen LogP contribution in [0.3, 0.4) is 0 Å². The summed E-state index contributed by atoms with van der Waals surface area (Å²) in [5.41, 5.74) is 0.236. The zero-order chi connectivity index (χ0) is 10.7. The molecule has 5 heteroatoms. The average molecular weight is 216 g/mol. The van der Waals surface area contributed by atoms with Crippen LogP contribution in [0.2, 0.25) is 5.22 Å². The Balaban J connectivity index is 2.69. The summed E-state index contributed by atoms with van der Waals surface area (Å²) in [7, 11) is 0. The molecular formula is C9H10ClNO3. The molecule has 0 aromatic carbocycles. The zero-order valence-corrected chi connectivity index (χ0v) is 8.59. The molecule has 0 radical (unpaired) electrons. The van der Waals surface area contributed by atoms with Crippen molar-refractivity contribution >= 4 is 23.3 Å². The maximum atomic E-state index is 11.4. The van der Waals surface area contributed by atoms with Gasteiger partial charge in [0.1, 0.15) is 0 Å². The molecule has 1 atom stereocenters. The largest absolute Gasteiger partial charge is 0.452 e. The Kier molecular flexibility index (Phi) is 3.30. The Morgan fingerprint density at radius 1 is 1.57 bits per heavy atom. The third kappa shape index (κ3) is 2.35. The number of ketones is 1. The number of Topliss-reactive ketones (excluding diaryl/α,β-unsaturated/α-hetero) is 1. The van der Waals surface area contributed by atoms with Crippen LogP contribution >= 0.6 is 11.6 Å². The first-order valence-corrected chi connectivity index (χ1v) is 4.44. The minimum absolute atomic E-state index is 0.0262. The monoisotopic (exact) mass is 215 g/mol. The van der Waals surface area contributed by atoms with Crippen molar-refractivity contribution in [2.75, 3.05) is 0 Å². The molecule has 1 rings (SSSR count). The van der Waals surface area contributed by atoms with Crippen LogP contribution in [0.1, 0.15) is 24.2 Å². The Hall–Kier alpha value is -1.29. The lowest BCUT2D eigenvalue weighted by atomic mass is 10.2. The smallest absolute Gasteiger partial charge is 0.256 e. The maximum absolute atomic E-state index is 11.4. The van der Waals surface area contributed by atoms with Gasteiger partial charge >= 0.3 is 0 Å². The highest BCUT2D eigenvalue weighted by atomic mass is 35.5. The molecule has 1 aromatic heterocycles. The van der Waals surface area contributed by atoms with Gasteiger partial charge in [-0.05, 0) is 31.5 Å². The van der Waals surface area contributed by atoms with Gasteiger partial charge in [-0.25, -0.2) is 0 Å². The van der Waals surface area contributed by atoms with Crippen LogP contribution in [0.15, 0.2) is 16.7 Å². The standard InChI is InChI=1S/C9H10ClNO3/c1-5(6(2)12)11-9(13)7-3-4-14-8(7)10/h3-5H,1-2H3,(H,11,13). The number of hydrogen-bond donors (Lipinski definition) is 1. The lowest BCUT2D eigenvalue weighted by Gasteiger charge is -2.08. The van der Waals surface area contributed by atoms with Crippen LogP contribution in [0.4, 0.5) is 0 Å². The molecule has 0 aliphatic carbocycles. The lowest BCUT2D eigenvalue weighted by Crippen LogP contribution is -2.37. The van der Waals surface area contributed by atoms with E-state index in [0.29, 0.717) is 0 Å². The molecule has 0 aliphatic heterocycles. The molecule has 1 unspecified atom stereocenters. The van der Waals surface area contributed by atoms with Crippen LogP contribution in [0.5, 0.6) is 0 Å². The second-order valence-electron chi connectivity index (χ2n) is 2.91. The van der Waals surface area contributed by atoms with Crippen LogP contribution in [0, 0.1) is 0 Å². The van der Waals surface area contributed by atoms with Crippen molar-refractivity contribution in [1.82, 2.24) is 5.32 Å². The molecule has 0 saturated carbocycles. The van der Waals surface area contributed by atoms with E-state index in [1.807, 2.05) is 0 Å². The summed E-state index contributed by atoms with van der Waals surface area (Å²) in [5.74, 6) is -0.524. The van der Waals surface area contributed by atoms with E-state index in [2.05, 4.69) is 5.32 Å². The Morgan fingerprint density at radius 2 is 2.21 bits per heavy atom. The average Bonchev–Trinajstić information content (AvgIpc) is 2.51. The summed E-state index contributed by atoms with van der Waals surface area (Å²) < 4.78 is 4.75. The van der Waals surface area contributed by atoms with Gasteiger partial charge in [-0.3, -0.25) is 9.59 Å². The molecule has 14 heavy (non-hydrogen) atoms. The molecule has 0 fully saturated rings. The first-order chi connectivity index (χ1) is 6.52. The second-order valence-corrected chi connectivity index (χ2v) is 3.26. The summed E-state index contributed by atoms with van der Waals surface area (Å²) in [6.45, 7) is 3.01. The maximum Gasteiger partial charge on any atom is 0.256 e. The Labute approximate surface area is 86.2 Å². The fourth-order valence-electron chi connectivity index (χ4n) is 0.832. The fourth-order valence-corrected chi connectivity index (χ4v) is 1.03. The molecular weight excluding hydrogens is 206 g/mol. The van der Waals surface area contributed by atoms with Crippen molar-refractivity contribution < 1.29 is 14.0 Å². The zero-order valence-electron chi connectivity index (χ0n) is 7.83. The van der Waals surface area contributed by atoms with Crippen LogP contribution < -0.4 is 5.32 Å². The number of halogens is 1. The van der Waals surface area contributed by atoms with Gasteiger partial charge in [-0.1, -0.05) is 0 Å². The van der Waals surface area contributed by atoms with Crippen molar-refractivity contribution in [3.05, 3.63) is 23.1 Å². The number of amides is 1. The predicted molar refractivity (Wildman–Crippen MR) is 51.3 cm³/mol. The molecule has 0 aliphatic rings. The minimum Gasteiger partial charge on any atom is -0.452 e. The molecule has 76 valence electrons. The summed E-state index contributed by atoms with van der Waals surface area (Å²) >= 11 is 5.59. The summed E-state index contributed by atoms with van der Waals surface area (Å²) in [6.07, 6.45) is 1.32. The summed E-state index contributed by atoms with van der Waals surface area (Å²) in [4.78, 5) is 22.3. The van der Waals surface area contributed by atoms with E-state index in [1.165, 1.54) is 19.3 Å². The molecule has 0 bridgehead atoms. The van der Waals surface area contributed by atoms with Crippen molar-refractivity contribution in [2.24, 2.45) is 0 Å². The molecule has 1 heterocycles. The van der Waals surface area contributed by atoms with Gasteiger partial charge in [-0.15, -0.1) is 0 Å². The van der Waals surface area contributed by atoms with Crippen molar-refractivity contribution in [3.63, 3.8) is 0 Å².